The number of likely N-dealkylation sites (tertiary alicyclic amines) is 1. The zero-order valence-corrected chi connectivity index (χ0v) is 15.1. The van der Waals surface area contributed by atoms with Gasteiger partial charge in [0.15, 0.2) is 11.5 Å². The summed E-state index contributed by atoms with van der Waals surface area (Å²) in [4.78, 5) is 29.0. The van der Waals surface area contributed by atoms with Crippen molar-refractivity contribution in [3.63, 3.8) is 0 Å². The van der Waals surface area contributed by atoms with E-state index in [1.54, 1.807) is 4.90 Å². The number of ether oxygens (including phenoxy) is 2. The molecule has 4 rings (SSSR count). The van der Waals surface area contributed by atoms with Gasteiger partial charge in [0.2, 0.25) is 11.8 Å². The van der Waals surface area contributed by atoms with Crippen LogP contribution in [0.15, 0.2) is 18.2 Å². The summed E-state index contributed by atoms with van der Waals surface area (Å²) in [5.41, 5.74) is 0.768. The molecule has 7 heteroatoms. The predicted octanol–water partition coefficient (Wildman–Crippen LogP) is 0.879. The number of anilines is 1. The highest BCUT2D eigenvalue weighted by Gasteiger charge is 2.39. The van der Waals surface area contributed by atoms with E-state index in [1.807, 2.05) is 30.1 Å². The number of rotatable bonds is 4. The van der Waals surface area contributed by atoms with Crippen LogP contribution in [-0.2, 0) is 9.59 Å². The molecule has 3 heterocycles. The standard InChI is InChI=1S/C19H25N3O4/c1-20-10-13-4-5-21(11-13)19(24)14-8-18(23)22(12-14)15-2-3-16-17(9-15)26-7-6-25-16/h2-3,9,13-14,20H,4-8,10-12H2,1H3. The topological polar surface area (TPSA) is 71.1 Å². The lowest BCUT2D eigenvalue weighted by Gasteiger charge is -2.23. The summed E-state index contributed by atoms with van der Waals surface area (Å²) < 4.78 is 11.1. The summed E-state index contributed by atoms with van der Waals surface area (Å²) in [6.45, 7) is 3.99. The van der Waals surface area contributed by atoms with Crippen molar-refractivity contribution in [2.24, 2.45) is 11.8 Å². The Labute approximate surface area is 153 Å². The van der Waals surface area contributed by atoms with Crippen molar-refractivity contribution < 1.29 is 19.1 Å². The molecule has 2 unspecified atom stereocenters. The van der Waals surface area contributed by atoms with Gasteiger partial charge in [0, 0.05) is 37.8 Å². The molecule has 1 aromatic rings. The molecule has 2 fully saturated rings. The van der Waals surface area contributed by atoms with Gasteiger partial charge in [0.25, 0.3) is 0 Å². The molecule has 0 radical (unpaired) electrons. The van der Waals surface area contributed by atoms with Crippen LogP contribution in [0.5, 0.6) is 11.5 Å². The predicted molar refractivity (Wildman–Crippen MR) is 96.5 cm³/mol. The summed E-state index contributed by atoms with van der Waals surface area (Å²) in [6.07, 6.45) is 1.31. The van der Waals surface area contributed by atoms with Crippen molar-refractivity contribution in [3.05, 3.63) is 18.2 Å². The highest BCUT2D eigenvalue weighted by molar-refractivity contribution is 6.00. The van der Waals surface area contributed by atoms with E-state index in [0.29, 0.717) is 37.2 Å². The molecule has 0 saturated carbocycles. The highest BCUT2D eigenvalue weighted by Crippen LogP contribution is 2.36. The Morgan fingerprint density at radius 2 is 2.04 bits per heavy atom. The van der Waals surface area contributed by atoms with Gasteiger partial charge < -0.3 is 24.6 Å². The van der Waals surface area contributed by atoms with Crippen LogP contribution in [0.1, 0.15) is 12.8 Å². The maximum atomic E-state index is 12.8. The number of carbonyl (C=O) groups is 2. The molecule has 0 bridgehead atoms. The fourth-order valence-electron chi connectivity index (χ4n) is 4.07. The van der Waals surface area contributed by atoms with E-state index in [2.05, 4.69) is 5.32 Å². The molecule has 26 heavy (non-hydrogen) atoms. The van der Waals surface area contributed by atoms with Crippen LogP contribution in [0.3, 0.4) is 0 Å². The summed E-state index contributed by atoms with van der Waals surface area (Å²) in [5.74, 6) is 1.71. The second-order valence-corrected chi connectivity index (χ2v) is 7.23. The Morgan fingerprint density at radius 1 is 1.23 bits per heavy atom. The largest absolute Gasteiger partial charge is 0.486 e. The van der Waals surface area contributed by atoms with Gasteiger partial charge >= 0.3 is 0 Å². The molecule has 3 aliphatic heterocycles. The van der Waals surface area contributed by atoms with Crippen LogP contribution in [0.2, 0.25) is 0 Å². The van der Waals surface area contributed by atoms with Crippen LogP contribution >= 0.6 is 0 Å². The number of amides is 2. The number of nitrogens with one attached hydrogen (secondary N) is 1. The van der Waals surface area contributed by atoms with Gasteiger partial charge in [-0.1, -0.05) is 0 Å². The second kappa shape index (κ2) is 7.15. The third-order valence-electron chi connectivity index (χ3n) is 5.40. The van der Waals surface area contributed by atoms with Crippen LogP contribution in [0.25, 0.3) is 0 Å². The van der Waals surface area contributed by atoms with Crippen molar-refractivity contribution in [3.8, 4) is 11.5 Å². The van der Waals surface area contributed by atoms with Crippen molar-refractivity contribution in [1.29, 1.82) is 0 Å². The van der Waals surface area contributed by atoms with Crippen molar-refractivity contribution in [1.82, 2.24) is 10.2 Å². The van der Waals surface area contributed by atoms with E-state index in [1.165, 1.54) is 0 Å². The number of carbonyl (C=O) groups excluding carboxylic acids is 2. The summed E-state index contributed by atoms with van der Waals surface area (Å²) >= 11 is 0. The van der Waals surface area contributed by atoms with Gasteiger partial charge in [-0.2, -0.15) is 0 Å². The number of benzene rings is 1. The van der Waals surface area contributed by atoms with Gasteiger partial charge in [-0.25, -0.2) is 0 Å². The zero-order chi connectivity index (χ0) is 18.1. The van der Waals surface area contributed by atoms with Gasteiger partial charge in [-0.15, -0.1) is 0 Å². The van der Waals surface area contributed by atoms with Crippen LogP contribution in [0, 0.1) is 11.8 Å². The minimum absolute atomic E-state index is 0.00833. The third kappa shape index (κ3) is 3.23. The average Bonchev–Trinajstić information content (AvgIpc) is 3.28. The maximum Gasteiger partial charge on any atom is 0.228 e. The molecule has 0 spiro atoms. The molecular formula is C19H25N3O4. The Morgan fingerprint density at radius 3 is 2.85 bits per heavy atom. The average molecular weight is 359 g/mol. The first-order valence-corrected chi connectivity index (χ1v) is 9.29. The van der Waals surface area contributed by atoms with E-state index in [9.17, 15) is 9.59 Å². The smallest absolute Gasteiger partial charge is 0.228 e. The second-order valence-electron chi connectivity index (χ2n) is 7.23. The quantitative estimate of drug-likeness (QED) is 0.864. The Hall–Kier alpha value is -2.28. The fourth-order valence-corrected chi connectivity index (χ4v) is 4.07. The van der Waals surface area contributed by atoms with Crippen molar-refractivity contribution in [2.45, 2.75) is 12.8 Å². The first-order valence-electron chi connectivity index (χ1n) is 9.29. The SMILES string of the molecule is CNCC1CCN(C(=O)C2CC(=O)N(c3ccc4c(c3)OCCO4)C2)C1. The molecule has 1 aromatic carbocycles. The van der Waals surface area contributed by atoms with E-state index in [-0.39, 0.29) is 24.2 Å². The molecule has 7 nitrogen and oxygen atoms in total. The normalized spacial score (nSPS) is 25.0. The van der Waals surface area contributed by atoms with Crippen LogP contribution < -0.4 is 19.7 Å². The van der Waals surface area contributed by atoms with Gasteiger partial charge in [-0.3, -0.25) is 9.59 Å². The fraction of sp³-hybridized carbons (Fsp3) is 0.579. The summed E-state index contributed by atoms with van der Waals surface area (Å²) in [5, 5.41) is 3.18. The number of hydrogen-bond acceptors (Lipinski definition) is 5. The minimum atomic E-state index is -0.260. The van der Waals surface area contributed by atoms with Gasteiger partial charge in [0.05, 0.1) is 5.92 Å². The molecule has 2 saturated heterocycles. The van der Waals surface area contributed by atoms with Gasteiger partial charge in [0.1, 0.15) is 13.2 Å². The Kier molecular flexibility index (Phi) is 4.72. The molecule has 2 amide bonds. The number of nitrogens with zero attached hydrogens (tertiary/aromatic N) is 2. The van der Waals surface area contributed by atoms with Crippen molar-refractivity contribution in [2.75, 3.05) is 51.3 Å². The van der Waals surface area contributed by atoms with E-state index in [0.717, 1.165) is 31.7 Å². The van der Waals surface area contributed by atoms with E-state index < -0.39 is 0 Å². The minimum Gasteiger partial charge on any atom is -0.486 e. The first-order chi connectivity index (χ1) is 12.7. The van der Waals surface area contributed by atoms with E-state index >= 15 is 0 Å². The molecule has 0 aromatic heterocycles. The van der Waals surface area contributed by atoms with E-state index in [4.69, 9.17) is 9.47 Å². The molecule has 1 N–H and O–H groups in total. The van der Waals surface area contributed by atoms with Crippen LogP contribution in [-0.4, -0.2) is 63.2 Å². The molecule has 3 aliphatic rings. The highest BCUT2D eigenvalue weighted by atomic mass is 16.6. The summed E-state index contributed by atoms with van der Waals surface area (Å²) in [6, 6.07) is 5.52. The Balaban J connectivity index is 1.43. The molecule has 140 valence electrons. The molecule has 2 atom stereocenters. The number of hydrogen-bond donors (Lipinski definition) is 1. The lowest BCUT2D eigenvalue weighted by Crippen LogP contribution is -2.36. The van der Waals surface area contributed by atoms with Crippen LogP contribution in [0.4, 0.5) is 5.69 Å². The molecular weight excluding hydrogens is 334 g/mol. The first kappa shape index (κ1) is 17.1. The van der Waals surface area contributed by atoms with Crippen molar-refractivity contribution >= 4 is 17.5 Å². The van der Waals surface area contributed by atoms with Gasteiger partial charge in [-0.05, 0) is 38.1 Å². The number of fused-ring (bicyclic) bond motifs is 1. The zero-order valence-electron chi connectivity index (χ0n) is 15.1. The lowest BCUT2D eigenvalue weighted by atomic mass is 10.1. The summed E-state index contributed by atoms with van der Waals surface area (Å²) in [7, 11) is 1.94. The lowest BCUT2D eigenvalue weighted by molar-refractivity contribution is -0.134. The Bertz CT molecular complexity index is 708. The molecule has 0 aliphatic carbocycles. The monoisotopic (exact) mass is 359 g/mol. The third-order valence-corrected chi connectivity index (χ3v) is 5.40. The maximum absolute atomic E-state index is 12.8.